The van der Waals surface area contributed by atoms with Crippen molar-refractivity contribution >= 4 is 5.91 Å². The van der Waals surface area contributed by atoms with Crippen molar-refractivity contribution < 1.29 is 15.0 Å². The van der Waals surface area contributed by atoms with E-state index in [1.807, 2.05) is 0 Å². The molecule has 5 atom stereocenters. The van der Waals surface area contributed by atoms with Gasteiger partial charge in [-0.1, -0.05) is 31.9 Å². The fraction of sp³-hybridized carbons (Fsp3) is 0.864. The van der Waals surface area contributed by atoms with Crippen LogP contribution in [0.4, 0.5) is 0 Å². The number of amides is 1. The fourth-order valence-electron chi connectivity index (χ4n) is 6.31. The molecule has 0 unspecified atom stereocenters. The van der Waals surface area contributed by atoms with Crippen LogP contribution in [0.3, 0.4) is 0 Å². The van der Waals surface area contributed by atoms with Gasteiger partial charge in [-0.3, -0.25) is 4.79 Å². The summed E-state index contributed by atoms with van der Waals surface area (Å²) in [4.78, 5) is 11.6. The third kappa shape index (κ3) is 3.47. The minimum absolute atomic E-state index is 0.0301. The number of hydrogen-bond donors (Lipinski definition) is 3. The third-order valence-electron chi connectivity index (χ3n) is 8.01. The molecule has 148 valence electrons. The molecule has 4 heteroatoms. The van der Waals surface area contributed by atoms with Gasteiger partial charge in [-0.2, -0.15) is 0 Å². The zero-order valence-electron chi connectivity index (χ0n) is 17.0. The van der Waals surface area contributed by atoms with E-state index in [9.17, 15) is 15.0 Å². The molecule has 1 saturated carbocycles. The largest absolute Gasteiger partial charge is 0.396 e. The Morgan fingerprint density at radius 3 is 2.58 bits per heavy atom. The molecule has 26 heavy (non-hydrogen) atoms. The number of hydrogen-bond acceptors (Lipinski definition) is 3. The van der Waals surface area contributed by atoms with Crippen LogP contribution in [0.25, 0.3) is 0 Å². The summed E-state index contributed by atoms with van der Waals surface area (Å²) in [6.07, 6.45) is 6.85. The second-order valence-electron chi connectivity index (χ2n) is 9.89. The number of nitrogens with one attached hydrogen (secondary N) is 1. The molecule has 0 saturated heterocycles. The van der Waals surface area contributed by atoms with Crippen molar-refractivity contribution in [2.24, 2.45) is 28.6 Å². The Hall–Kier alpha value is -0.870. The van der Waals surface area contributed by atoms with Gasteiger partial charge in [0, 0.05) is 26.0 Å². The summed E-state index contributed by atoms with van der Waals surface area (Å²) in [5.41, 5.74) is 3.53. The van der Waals surface area contributed by atoms with Gasteiger partial charge < -0.3 is 15.5 Å². The first-order valence-electron chi connectivity index (χ1n) is 10.4. The Morgan fingerprint density at radius 2 is 1.92 bits per heavy atom. The Bertz CT molecular complexity index is 582. The van der Waals surface area contributed by atoms with Crippen LogP contribution in [-0.2, 0) is 4.79 Å². The van der Waals surface area contributed by atoms with Gasteiger partial charge in [0.15, 0.2) is 0 Å². The summed E-state index contributed by atoms with van der Waals surface area (Å²) in [7, 11) is 0. The van der Waals surface area contributed by atoms with E-state index in [0.717, 1.165) is 32.1 Å². The summed E-state index contributed by atoms with van der Waals surface area (Å²) in [5, 5.41) is 23.3. The molecule has 4 nitrogen and oxygen atoms in total. The molecule has 3 rings (SSSR count). The Morgan fingerprint density at radius 1 is 1.19 bits per heavy atom. The maximum absolute atomic E-state index is 11.6. The zero-order valence-corrected chi connectivity index (χ0v) is 17.0. The van der Waals surface area contributed by atoms with Crippen LogP contribution < -0.4 is 5.32 Å². The van der Waals surface area contributed by atoms with E-state index in [1.54, 1.807) is 18.1 Å². The lowest BCUT2D eigenvalue weighted by atomic mass is 9.53. The third-order valence-corrected chi connectivity index (χ3v) is 8.01. The standard InChI is InChI=1S/C22H37NO3/c1-14(25)23-12-18-17-8-9-21(2,3)19(17)5-6-20(18)22(4)10-7-16(26)11-15(22)13-24/h15-16,18,20,24,26H,5-13H2,1-4H3,(H,23,25)/t15-,16+,18+,20+,22+/m1/s1. The van der Waals surface area contributed by atoms with Gasteiger partial charge in [-0.15, -0.1) is 0 Å². The van der Waals surface area contributed by atoms with Gasteiger partial charge in [-0.05, 0) is 67.6 Å². The highest BCUT2D eigenvalue weighted by Gasteiger charge is 2.51. The molecule has 1 fully saturated rings. The molecule has 0 radical (unpaired) electrons. The average molecular weight is 364 g/mol. The molecule has 0 aliphatic heterocycles. The minimum Gasteiger partial charge on any atom is -0.396 e. The van der Waals surface area contributed by atoms with E-state index in [0.29, 0.717) is 24.8 Å². The first-order valence-corrected chi connectivity index (χ1v) is 10.4. The molecule has 0 spiro atoms. The van der Waals surface area contributed by atoms with E-state index < -0.39 is 0 Å². The number of allylic oxidation sites excluding steroid dienone is 1. The molecule has 1 amide bonds. The van der Waals surface area contributed by atoms with Crippen molar-refractivity contribution in [1.29, 1.82) is 0 Å². The Balaban J connectivity index is 1.93. The molecule has 3 aliphatic carbocycles. The second kappa shape index (κ2) is 7.27. The summed E-state index contributed by atoms with van der Waals surface area (Å²) < 4.78 is 0. The molecule has 0 aromatic carbocycles. The monoisotopic (exact) mass is 363 g/mol. The van der Waals surface area contributed by atoms with E-state index in [-0.39, 0.29) is 35.4 Å². The van der Waals surface area contributed by atoms with Gasteiger partial charge in [0.25, 0.3) is 0 Å². The van der Waals surface area contributed by atoms with Crippen LogP contribution >= 0.6 is 0 Å². The molecular formula is C22H37NO3. The van der Waals surface area contributed by atoms with Gasteiger partial charge >= 0.3 is 0 Å². The van der Waals surface area contributed by atoms with Crippen molar-refractivity contribution in [3.05, 3.63) is 11.1 Å². The highest BCUT2D eigenvalue weighted by Crippen LogP contribution is 2.59. The number of aliphatic hydroxyl groups excluding tert-OH is 2. The quantitative estimate of drug-likeness (QED) is 0.670. The van der Waals surface area contributed by atoms with Crippen LogP contribution in [0.5, 0.6) is 0 Å². The molecular weight excluding hydrogens is 326 g/mol. The molecule has 0 heterocycles. The molecule has 3 N–H and O–H groups in total. The first kappa shape index (κ1) is 19.9. The zero-order chi connectivity index (χ0) is 19.1. The minimum atomic E-state index is -0.280. The predicted molar refractivity (Wildman–Crippen MR) is 103 cm³/mol. The number of carbonyl (C=O) groups is 1. The lowest BCUT2D eigenvalue weighted by Gasteiger charge is -2.52. The SMILES string of the molecule is CC(=O)NC[C@H]1C2=C(CC[C@@H]1[C@@]1(C)CC[C@H](O)C[C@@H]1CO)C(C)(C)CC2. The summed E-state index contributed by atoms with van der Waals surface area (Å²) in [5.74, 6) is 1.02. The van der Waals surface area contributed by atoms with Gasteiger partial charge in [0.2, 0.25) is 5.91 Å². The second-order valence-corrected chi connectivity index (χ2v) is 9.89. The summed E-state index contributed by atoms with van der Waals surface area (Å²) >= 11 is 0. The molecule has 3 aliphatic rings. The highest BCUT2D eigenvalue weighted by molar-refractivity contribution is 5.72. The van der Waals surface area contributed by atoms with Crippen LogP contribution in [0.2, 0.25) is 0 Å². The lowest BCUT2D eigenvalue weighted by molar-refractivity contribution is -0.119. The van der Waals surface area contributed by atoms with Crippen LogP contribution in [-0.4, -0.2) is 35.4 Å². The van der Waals surface area contributed by atoms with Crippen LogP contribution in [0, 0.1) is 28.6 Å². The van der Waals surface area contributed by atoms with Gasteiger partial charge in [-0.25, -0.2) is 0 Å². The van der Waals surface area contributed by atoms with Crippen LogP contribution in [0.15, 0.2) is 11.1 Å². The Labute approximate surface area is 158 Å². The molecule has 0 bridgehead atoms. The topological polar surface area (TPSA) is 69.6 Å². The Kier molecular flexibility index (Phi) is 5.56. The van der Waals surface area contributed by atoms with Crippen molar-refractivity contribution in [2.45, 2.75) is 78.7 Å². The van der Waals surface area contributed by atoms with E-state index in [2.05, 4.69) is 26.1 Å². The van der Waals surface area contributed by atoms with Gasteiger partial charge in [0.1, 0.15) is 0 Å². The van der Waals surface area contributed by atoms with Crippen molar-refractivity contribution in [1.82, 2.24) is 5.32 Å². The first-order chi connectivity index (χ1) is 12.2. The smallest absolute Gasteiger partial charge is 0.216 e. The summed E-state index contributed by atoms with van der Waals surface area (Å²) in [6.45, 7) is 9.51. The molecule has 0 aromatic rings. The lowest BCUT2D eigenvalue weighted by Crippen LogP contribution is -2.49. The fourth-order valence-corrected chi connectivity index (χ4v) is 6.31. The van der Waals surface area contributed by atoms with Gasteiger partial charge in [0.05, 0.1) is 6.10 Å². The number of aliphatic hydroxyl groups is 2. The number of carbonyl (C=O) groups excluding carboxylic acids is 1. The highest BCUT2D eigenvalue weighted by atomic mass is 16.3. The predicted octanol–water partition coefficient (Wildman–Crippen LogP) is 3.42. The van der Waals surface area contributed by atoms with E-state index in [4.69, 9.17) is 0 Å². The normalized spacial score (nSPS) is 39.6. The maximum atomic E-state index is 11.6. The van der Waals surface area contributed by atoms with E-state index >= 15 is 0 Å². The van der Waals surface area contributed by atoms with Crippen molar-refractivity contribution in [3.63, 3.8) is 0 Å². The average Bonchev–Trinajstić information content (AvgIpc) is 2.90. The van der Waals surface area contributed by atoms with E-state index in [1.165, 1.54) is 6.42 Å². The summed E-state index contributed by atoms with van der Waals surface area (Å²) in [6, 6.07) is 0. The molecule has 0 aromatic heterocycles. The van der Waals surface area contributed by atoms with Crippen LogP contribution in [0.1, 0.15) is 72.6 Å². The van der Waals surface area contributed by atoms with Crippen molar-refractivity contribution in [3.8, 4) is 0 Å². The van der Waals surface area contributed by atoms with Crippen molar-refractivity contribution in [2.75, 3.05) is 13.2 Å². The maximum Gasteiger partial charge on any atom is 0.216 e. The number of rotatable bonds is 4.